The van der Waals surface area contributed by atoms with Crippen LogP contribution in [0.15, 0.2) is 18.2 Å². The highest BCUT2D eigenvalue weighted by atomic mass is 16.5. The lowest BCUT2D eigenvalue weighted by molar-refractivity contribution is 0.0953. The largest absolute Gasteiger partial charge is 0.493 e. The summed E-state index contributed by atoms with van der Waals surface area (Å²) in [6.45, 7) is 3.65. The minimum Gasteiger partial charge on any atom is -0.493 e. The molecule has 0 aromatic heterocycles. The van der Waals surface area contributed by atoms with Gasteiger partial charge in [-0.2, -0.15) is 0 Å². The molecule has 2 rings (SSSR count). The van der Waals surface area contributed by atoms with Gasteiger partial charge >= 0.3 is 0 Å². The number of hydrogen-bond acceptors (Lipinski definition) is 2. The van der Waals surface area contributed by atoms with Gasteiger partial charge in [-0.3, -0.25) is 4.79 Å². The van der Waals surface area contributed by atoms with E-state index in [0.717, 1.165) is 49.3 Å². The summed E-state index contributed by atoms with van der Waals surface area (Å²) in [6.07, 6.45) is 4.30. The van der Waals surface area contributed by atoms with Crippen molar-refractivity contribution in [1.29, 1.82) is 0 Å². The third kappa shape index (κ3) is 2.99. The number of carbonyl (C=O) groups excluding carboxylic acids is 1. The lowest BCUT2D eigenvalue weighted by Gasteiger charge is -2.06. The Morgan fingerprint density at radius 3 is 3.12 bits per heavy atom. The van der Waals surface area contributed by atoms with Gasteiger partial charge in [0, 0.05) is 18.5 Å². The summed E-state index contributed by atoms with van der Waals surface area (Å²) in [7, 11) is 0. The zero-order valence-electron chi connectivity index (χ0n) is 10.3. The van der Waals surface area contributed by atoms with Crippen LogP contribution in [-0.2, 0) is 6.42 Å². The molecular weight excluding hydrogens is 214 g/mol. The Bertz CT molecular complexity index is 401. The first-order chi connectivity index (χ1) is 8.31. The number of unbranched alkanes of at least 4 members (excludes halogenated alkanes) is 2. The Morgan fingerprint density at radius 1 is 1.41 bits per heavy atom. The summed E-state index contributed by atoms with van der Waals surface area (Å²) in [4.78, 5) is 11.9. The predicted molar refractivity (Wildman–Crippen MR) is 67.5 cm³/mol. The lowest BCUT2D eigenvalue weighted by Crippen LogP contribution is -2.24. The minimum absolute atomic E-state index is 0.0239. The standard InChI is InChI=1S/C14H19NO2/c1-2-3-4-8-15-14(16)12-5-6-13-11(10-12)7-9-17-13/h5-6,10H,2-4,7-9H2,1H3,(H,15,16). The molecule has 0 fully saturated rings. The van der Waals surface area contributed by atoms with E-state index in [4.69, 9.17) is 4.74 Å². The highest BCUT2D eigenvalue weighted by molar-refractivity contribution is 5.94. The molecule has 0 radical (unpaired) electrons. The minimum atomic E-state index is 0.0239. The first kappa shape index (κ1) is 12.0. The number of fused-ring (bicyclic) bond motifs is 1. The molecule has 92 valence electrons. The molecule has 1 aromatic rings. The molecule has 1 amide bonds. The molecular formula is C14H19NO2. The van der Waals surface area contributed by atoms with E-state index in [9.17, 15) is 4.79 Å². The van der Waals surface area contributed by atoms with E-state index in [1.54, 1.807) is 0 Å². The number of rotatable bonds is 5. The molecule has 1 aliphatic heterocycles. The van der Waals surface area contributed by atoms with Gasteiger partial charge < -0.3 is 10.1 Å². The van der Waals surface area contributed by atoms with Crippen LogP contribution < -0.4 is 10.1 Å². The molecule has 0 bridgehead atoms. The fourth-order valence-corrected chi connectivity index (χ4v) is 2.01. The van der Waals surface area contributed by atoms with E-state index < -0.39 is 0 Å². The molecule has 3 heteroatoms. The van der Waals surface area contributed by atoms with Crippen LogP contribution >= 0.6 is 0 Å². The van der Waals surface area contributed by atoms with Crippen LogP contribution in [0.25, 0.3) is 0 Å². The maximum Gasteiger partial charge on any atom is 0.251 e. The van der Waals surface area contributed by atoms with Gasteiger partial charge in [0.25, 0.3) is 5.91 Å². The third-order valence-electron chi connectivity index (χ3n) is 3.02. The number of nitrogens with one attached hydrogen (secondary N) is 1. The summed E-state index contributed by atoms with van der Waals surface area (Å²) in [5, 5.41) is 2.95. The lowest BCUT2D eigenvalue weighted by atomic mass is 10.1. The highest BCUT2D eigenvalue weighted by Gasteiger charge is 2.14. The van der Waals surface area contributed by atoms with Crippen LogP contribution in [0.3, 0.4) is 0 Å². The van der Waals surface area contributed by atoms with Crippen molar-refractivity contribution in [3.8, 4) is 5.75 Å². The first-order valence-electron chi connectivity index (χ1n) is 6.35. The SMILES string of the molecule is CCCCCNC(=O)c1ccc2c(c1)CCO2. The summed E-state index contributed by atoms with van der Waals surface area (Å²) < 4.78 is 5.41. The molecule has 1 heterocycles. The maximum atomic E-state index is 11.9. The van der Waals surface area contributed by atoms with Crippen molar-refractivity contribution in [3.63, 3.8) is 0 Å². The fraction of sp³-hybridized carbons (Fsp3) is 0.500. The molecule has 1 aromatic carbocycles. The van der Waals surface area contributed by atoms with E-state index in [-0.39, 0.29) is 5.91 Å². The van der Waals surface area contributed by atoms with Gasteiger partial charge in [0.2, 0.25) is 0 Å². The number of ether oxygens (including phenoxy) is 1. The predicted octanol–water partition coefficient (Wildman–Crippen LogP) is 2.54. The van der Waals surface area contributed by atoms with Crippen LogP contribution in [0, 0.1) is 0 Å². The summed E-state index contributed by atoms with van der Waals surface area (Å²) in [5.41, 5.74) is 1.89. The number of benzene rings is 1. The normalized spacial score (nSPS) is 13.0. The summed E-state index contributed by atoms with van der Waals surface area (Å²) in [6, 6.07) is 5.67. The van der Waals surface area contributed by atoms with Crippen molar-refractivity contribution in [3.05, 3.63) is 29.3 Å². The smallest absolute Gasteiger partial charge is 0.251 e. The van der Waals surface area contributed by atoms with Gasteiger partial charge in [0.1, 0.15) is 5.75 Å². The summed E-state index contributed by atoms with van der Waals surface area (Å²) in [5.74, 6) is 0.948. The molecule has 1 aliphatic rings. The molecule has 0 atom stereocenters. The first-order valence-corrected chi connectivity index (χ1v) is 6.35. The zero-order chi connectivity index (χ0) is 12.1. The molecule has 0 saturated heterocycles. The topological polar surface area (TPSA) is 38.3 Å². The zero-order valence-corrected chi connectivity index (χ0v) is 10.3. The van der Waals surface area contributed by atoms with Crippen molar-refractivity contribution in [2.24, 2.45) is 0 Å². The Morgan fingerprint density at radius 2 is 2.29 bits per heavy atom. The molecule has 0 saturated carbocycles. The average molecular weight is 233 g/mol. The van der Waals surface area contributed by atoms with Gasteiger partial charge in [0.15, 0.2) is 0 Å². The quantitative estimate of drug-likeness (QED) is 0.794. The third-order valence-corrected chi connectivity index (χ3v) is 3.02. The van der Waals surface area contributed by atoms with Crippen LogP contribution in [0.1, 0.15) is 42.1 Å². The maximum absolute atomic E-state index is 11.9. The Kier molecular flexibility index (Phi) is 4.02. The van der Waals surface area contributed by atoms with Crippen molar-refractivity contribution in [2.75, 3.05) is 13.2 Å². The molecule has 0 unspecified atom stereocenters. The van der Waals surface area contributed by atoms with E-state index in [1.807, 2.05) is 18.2 Å². The van der Waals surface area contributed by atoms with Gasteiger partial charge in [-0.1, -0.05) is 19.8 Å². The second-order valence-corrected chi connectivity index (χ2v) is 4.38. The van der Waals surface area contributed by atoms with Crippen molar-refractivity contribution in [2.45, 2.75) is 32.6 Å². The van der Waals surface area contributed by atoms with Gasteiger partial charge in [0.05, 0.1) is 6.61 Å². The van der Waals surface area contributed by atoms with Crippen molar-refractivity contribution in [1.82, 2.24) is 5.32 Å². The van der Waals surface area contributed by atoms with Crippen molar-refractivity contribution >= 4 is 5.91 Å². The van der Waals surface area contributed by atoms with E-state index >= 15 is 0 Å². The fourth-order valence-electron chi connectivity index (χ4n) is 2.01. The van der Waals surface area contributed by atoms with Crippen LogP contribution in [-0.4, -0.2) is 19.1 Å². The molecule has 0 spiro atoms. The number of carbonyl (C=O) groups is 1. The monoisotopic (exact) mass is 233 g/mol. The van der Waals surface area contributed by atoms with Crippen LogP contribution in [0.2, 0.25) is 0 Å². The second-order valence-electron chi connectivity index (χ2n) is 4.38. The molecule has 0 aliphatic carbocycles. The van der Waals surface area contributed by atoms with E-state index in [2.05, 4.69) is 12.2 Å². The van der Waals surface area contributed by atoms with Gasteiger partial charge in [-0.05, 0) is 30.2 Å². The Balaban J connectivity index is 1.91. The molecule has 1 N–H and O–H groups in total. The van der Waals surface area contributed by atoms with Crippen LogP contribution in [0.5, 0.6) is 5.75 Å². The molecule has 17 heavy (non-hydrogen) atoms. The Labute approximate surface area is 102 Å². The molecule has 3 nitrogen and oxygen atoms in total. The van der Waals surface area contributed by atoms with Gasteiger partial charge in [-0.25, -0.2) is 0 Å². The van der Waals surface area contributed by atoms with Crippen molar-refractivity contribution < 1.29 is 9.53 Å². The Hall–Kier alpha value is -1.51. The second kappa shape index (κ2) is 5.71. The number of hydrogen-bond donors (Lipinski definition) is 1. The van der Waals surface area contributed by atoms with E-state index in [1.165, 1.54) is 6.42 Å². The highest BCUT2D eigenvalue weighted by Crippen LogP contribution is 2.25. The van der Waals surface area contributed by atoms with Gasteiger partial charge in [-0.15, -0.1) is 0 Å². The number of amides is 1. The van der Waals surface area contributed by atoms with E-state index in [0.29, 0.717) is 0 Å². The van der Waals surface area contributed by atoms with Crippen LogP contribution in [0.4, 0.5) is 0 Å². The average Bonchev–Trinajstić information content (AvgIpc) is 2.81. The summed E-state index contributed by atoms with van der Waals surface area (Å²) >= 11 is 0.